The molecule has 0 amide bonds. The van der Waals surface area contributed by atoms with Crippen LogP contribution in [0.1, 0.15) is 26.6 Å². The Morgan fingerprint density at radius 3 is 2.50 bits per heavy atom. The van der Waals surface area contributed by atoms with Crippen LogP contribution in [0.3, 0.4) is 0 Å². The van der Waals surface area contributed by atoms with Crippen LogP contribution < -0.4 is 5.56 Å². The summed E-state index contributed by atoms with van der Waals surface area (Å²) in [4.78, 5) is 15.3. The van der Waals surface area contributed by atoms with Gasteiger partial charge in [-0.3, -0.25) is 9.36 Å². The lowest BCUT2D eigenvalue weighted by molar-refractivity contribution is 0.445. The van der Waals surface area contributed by atoms with Crippen LogP contribution in [0.2, 0.25) is 0 Å². The highest BCUT2D eigenvalue weighted by Crippen LogP contribution is 2.16. The van der Waals surface area contributed by atoms with Crippen molar-refractivity contribution in [2.45, 2.75) is 20.8 Å². The molecule has 0 bridgehead atoms. The van der Waals surface area contributed by atoms with Gasteiger partial charge in [-0.05, 0) is 28.9 Å². The molecule has 88 valence electrons. The summed E-state index contributed by atoms with van der Waals surface area (Å²) in [6.07, 6.45) is 4.64. The van der Waals surface area contributed by atoms with Gasteiger partial charge in [-0.25, -0.2) is 0 Å². The van der Waals surface area contributed by atoms with Gasteiger partial charge in [0, 0.05) is 6.20 Å². The maximum atomic E-state index is 11.6. The normalized spacial score (nSPS) is 9.75. The lowest BCUT2D eigenvalue weighted by Crippen LogP contribution is -2.19. The maximum Gasteiger partial charge on any atom is 0.276 e. The van der Waals surface area contributed by atoms with Crippen molar-refractivity contribution in [2.24, 2.45) is 0 Å². The molecule has 0 aliphatic rings. The van der Waals surface area contributed by atoms with E-state index in [1.165, 1.54) is 10.6 Å². The topological polar surface area (TPSA) is 55.1 Å². The van der Waals surface area contributed by atoms with Crippen LogP contribution in [-0.4, -0.2) is 14.7 Å². The molecule has 0 aromatic carbocycles. The summed E-state index contributed by atoms with van der Waals surface area (Å²) >= 11 is 2.95. The Hall–Kier alpha value is -1.36. The highest BCUT2D eigenvalue weighted by molar-refractivity contribution is 9.10. The minimum absolute atomic E-state index is 0.0428. The predicted octanol–water partition coefficient (Wildman–Crippen LogP) is 2.87. The van der Waals surface area contributed by atoms with Crippen molar-refractivity contribution in [3.8, 4) is 5.88 Å². The molecule has 0 unspecified atom stereocenters. The molecular formula is C11H15BrN2O2. The molecule has 0 aliphatic carbocycles. The Morgan fingerprint density at radius 2 is 2.06 bits per heavy atom. The molecule has 1 rings (SSSR count). The van der Waals surface area contributed by atoms with Gasteiger partial charge in [0.15, 0.2) is 0 Å². The van der Waals surface area contributed by atoms with E-state index < -0.39 is 0 Å². The lowest BCUT2D eigenvalue weighted by Gasteiger charge is -2.05. The zero-order valence-corrected chi connectivity index (χ0v) is 11.2. The second-order valence-electron chi connectivity index (χ2n) is 2.47. The van der Waals surface area contributed by atoms with Crippen molar-refractivity contribution in [2.75, 3.05) is 0 Å². The Balaban J connectivity index is 0.00000106. The molecule has 1 heterocycles. The molecule has 0 atom stereocenters. The Morgan fingerprint density at radius 1 is 1.50 bits per heavy atom. The smallest absolute Gasteiger partial charge is 0.276 e. The molecule has 5 heteroatoms. The van der Waals surface area contributed by atoms with E-state index >= 15 is 0 Å². The minimum atomic E-state index is -0.370. The first-order chi connectivity index (χ1) is 7.61. The van der Waals surface area contributed by atoms with E-state index in [0.29, 0.717) is 5.82 Å². The quantitative estimate of drug-likeness (QED) is 0.910. The average molecular weight is 287 g/mol. The molecule has 0 saturated carbocycles. The molecule has 0 saturated heterocycles. The largest absolute Gasteiger partial charge is 0.492 e. The zero-order chi connectivity index (χ0) is 12.7. The van der Waals surface area contributed by atoms with E-state index in [1.807, 2.05) is 13.8 Å². The first-order valence-electron chi connectivity index (χ1n) is 4.88. The molecule has 0 radical (unpaired) electrons. The van der Waals surface area contributed by atoms with Crippen molar-refractivity contribution in [1.82, 2.24) is 9.55 Å². The van der Waals surface area contributed by atoms with Gasteiger partial charge in [-0.1, -0.05) is 26.5 Å². The fourth-order valence-corrected chi connectivity index (χ4v) is 1.23. The SMILES string of the molecule is C=Cc1nc(O)c(Br)c(=O)n1/C=C\C.CC. The molecule has 0 fully saturated rings. The van der Waals surface area contributed by atoms with Gasteiger partial charge in [-0.2, -0.15) is 4.98 Å². The number of allylic oxidation sites excluding steroid dienone is 1. The van der Waals surface area contributed by atoms with Gasteiger partial charge in [0.05, 0.1) is 0 Å². The van der Waals surface area contributed by atoms with Crippen molar-refractivity contribution in [1.29, 1.82) is 0 Å². The molecule has 16 heavy (non-hydrogen) atoms. The third kappa shape index (κ3) is 3.06. The molecular weight excluding hydrogens is 272 g/mol. The molecule has 0 spiro atoms. The number of aromatic hydroxyl groups is 1. The highest BCUT2D eigenvalue weighted by atomic mass is 79.9. The Kier molecular flexibility index (Phi) is 6.41. The van der Waals surface area contributed by atoms with Crippen LogP contribution in [0.5, 0.6) is 5.88 Å². The summed E-state index contributed by atoms with van der Waals surface area (Å²) in [6.45, 7) is 9.28. The van der Waals surface area contributed by atoms with Crippen molar-refractivity contribution >= 4 is 28.2 Å². The van der Waals surface area contributed by atoms with Gasteiger partial charge in [0.25, 0.3) is 5.56 Å². The zero-order valence-electron chi connectivity index (χ0n) is 9.57. The number of rotatable bonds is 2. The van der Waals surface area contributed by atoms with Crippen LogP contribution in [0, 0.1) is 0 Å². The molecule has 1 aromatic heterocycles. The molecule has 0 aliphatic heterocycles. The minimum Gasteiger partial charge on any atom is -0.492 e. The van der Waals surface area contributed by atoms with Crippen LogP contribution in [0.4, 0.5) is 0 Å². The highest BCUT2D eigenvalue weighted by Gasteiger charge is 2.09. The van der Waals surface area contributed by atoms with Crippen molar-refractivity contribution in [3.63, 3.8) is 0 Å². The molecule has 1 N–H and O–H groups in total. The van der Waals surface area contributed by atoms with Crippen molar-refractivity contribution < 1.29 is 5.11 Å². The van der Waals surface area contributed by atoms with Gasteiger partial charge in [-0.15, -0.1) is 0 Å². The maximum absolute atomic E-state index is 11.6. The average Bonchev–Trinajstić information content (AvgIpc) is 2.32. The summed E-state index contributed by atoms with van der Waals surface area (Å²) in [7, 11) is 0. The van der Waals surface area contributed by atoms with E-state index in [1.54, 1.807) is 19.2 Å². The summed E-state index contributed by atoms with van der Waals surface area (Å²) < 4.78 is 1.33. The molecule has 1 aromatic rings. The standard InChI is InChI=1S/C9H9BrN2O2.C2H6/c1-3-5-12-6(4-2)11-8(13)7(10)9(12)14;1-2/h3-5,13H,2H2,1H3;1-2H3/b5-3-;. The van der Waals surface area contributed by atoms with Crippen LogP contribution in [-0.2, 0) is 0 Å². The third-order valence-corrected chi connectivity index (χ3v) is 2.24. The first-order valence-corrected chi connectivity index (χ1v) is 5.67. The van der Waals surface area contributed by atoms with Gasteiger partial charge < -0.3 is 5.11 Å². The van der Waals surface area contributed by atoms with E-state index in [2.05, 4.69) is 27.5 Å². The monoisotopic (exact) mass is 286 g/mol. The Bertz CT molecular complexity index is 450. The van der Waals surface area contributed by atoms with Crippen LogP contribution in [0.25, 0.3) is 12.3 Å². The van der Waals surface area contributed by atoms with E-state index in [9.17, 15) is 9.90 Å². The summed E-state index contributed by atoms with van der Waals surface area (Å²) in [5, 5.41) is 9.26. The summed E-state index contributed by atoms with van der Waals surface area (Å²) in [6, 6.07) is 0. The third-order valence-electron chi connectivity index (χ3n) is 1.55. The van der Waals surface area contributed by atoms with Crippen molar-refractivity contribution in [3.05, 3.63) is 33.3 Å². The number of hydrogen-bond donors (Lipinski definition) is 1. The number of hydrogen-bond acceptors (Lipinski definition) is 3. The van der Waals surface area contributed by atoms with Gasteiger partial charge in [0.2, 0.25) is 5.88 Å². The lowest BCUT2D eigenvalue weighted by atomic mass is 10.5. The summed E-state index contributed by atoms with van der Waals surface area (Å²) in [5.74, 6) is -0.0283. The number of halogens is 1. The van der Waals surface area contributed by atoms with E-state index in [0.717, 1.165) is 0 Å². The van der Waals surface area contributed by atoms with Gasteiger partial charge in [0.1, 0.15) is 10.3 Å². The second-order valence-corrected chi connectivity index (χ2v) is 3.26. The fourth-order valence-electron chi connectivity index (χ4n) is 0.954. The van der Waals surface area contributed by atoms with Gasteiger partial charge >= 0.3 is 0 Å². The first kappa shape index (κ1) is 14.6. The number of aromatic nitrogens is 2. The van der Waals surface area contributed by atoms with Crippen LogP contribution in [0.15, 0.2) is 21.9 Å². The number of nitrogens with zero attached hydrogens (tertiary/aromatic N) is 2. The van der Waals surface area contributed by atoms with E-state index in [-0.39, 0.29) is 15.9 Å². The predicted molar refractivity (Wildman–Crippen MR) is 70.3 cm³/mol. The van der Waals surface area contributed by atoms with E-state index in [4.69, 9.17) is 0 Å². The molecule has 4 nitrogen and oxygen atoms in total. The second kappa shape index (κ2) is 7.00. The fraction of sp³-hybridized carbons (Fsp3) is 0.273. The van der Waals surface area contributed by atoms with Crippen LogP contribution >= 0.6 is 15.9 Å². The Labute approximate surface area is 103 Å². The summed E-state index contributed by atoms with van der Waals surface area (Å²) in [5.41, 5.74) is -0.370.